The molecule has 0 spiro atoms. The van der Waals surface area contributed by atoms with Gasteiger partial charge in [-0.05, 0) is 18.2 Å². The van der Waals surface area contributed by atoms with E-state index >= 15 is 0 Å². The minimum absolute atomic E-state index is 0.235. The largest absolute Gasteiger partial charge is 0.485 e. The van der Waals surface area contributed by atoms with E-state index in [0.717, 1.165) is 11.1 Å². The van der Waals surface area contributed by atoms with Crippen LogP contribution >= 0.6 is 15.9 Å². The van der Waals surface area contributed by atoms with Crippen molar-refractivity contribution in [1.29, 1.82) is 0 Å². The molecule has 0 fully saturated rings. The maximum absolute atomic E-state index is 13.3. The van der Waals surface area contributed by atoms with Gasteiger partial charge in [-0.25, -0.2) is 8.78 Å². The molecule has 0 radical (unpaired) electrons. The number of halogens is 3. The summed E-state index contributed by atoms with van der Waals surface area (Å²) in [6.07, 6.45) is 0.234. The SMILES string of the molecule is N[C@@H]1CC(c2ccc(F)cc2Br)Oc2cc(F)ccc21. The van der Waals surface area contributed by atoms with Crippen molar-refractivity contribution < 1.29 is 13.5 Å². The molecule has 3 rings (SSSR count). The van der Waals surface area contributed by atoms with Crippen molar-refractivity contribution in [3.8, 4) is 5.75 Å². The van der Waals surface area contributed by atoms with Crippen LogP contribution in [0.4, 0.5) is 8.78 Å². The smallest absolute Gasteiger partial charge is 0.127 e. The van der Waals surface area contributed by atoms with Gasteiger partial charge < -0.3 is 10.5 Å². The molecule has 2 nitrogen and oxygen atoms in total. The molecule has 2 N–H and O–H groups in total. The minimum Gasteiger partial charge on any atom is -0.485 e. The molecular weight excluding hydrogens is 328 g/mol. The molecule has 1 heterocycles. The Morgan fingerprint density at radius 3 is 2.40 bits per heavy atom. The fourth-order valence-electron chi connectivity index (χ4n) is 2.43. The second-order valence-electron chi connectivity index (χ2n) is 4.80. The number of benzene rings is 2. The molecule has 1 aliphatic rings. The number of hydrogen-bond donors (Lipinski definition) is 1. The Morgan fingerprint density at radius 1 is 1.05 bits per heavy atom. The fraction of sp³-hybridized carbons (Fsp3) is 0.200. The van der Waals surface area contributed by atoms with Gasteiger partial charge in [0.15, 0.2) is 0 Å². The van der Waals surface area contributed by atoms with Crippen molar-refractivity contribution in [2.24, 2.45) is 5.73 Å². The van der Waals surface area contributed by atoms with Crippen LogP contribution in [0.1, 0.15) is 29.7 Å². The van der Waals surface area contributed by atoms with Crippen LogP contribution in [0.3, 0.4) is 0 Å². The predicted octanol–water partition coefficient (Wildman–Crippen LogP) is 4.25. The zero-order valence-corrected chi connectivity index (χ0v) is 12.0. The lowest BCUT2D eigenvalue weighted by Crippen LogP contribution is -2.24. The molecule has 20 heavy (non-hydrogen) atoms. The molecule has 5 heteroatoms. The highest BCUT2D eigenvalue weighted by Gasteiger charge is 2.28. The lowest BCUT2D eigenvalue weighted by atomic mass is 9.93. The summed E-state index contributed by atoms with van der Waals surface area (Å²) in [6, 6.07) is 8.52. The van der Waals surface area contributed by atoms with Crippen LogP contribution in [-0.4, -0.2) is 0 Å². The topological polar surface area (TPSA) is 35.2 Å². The summed E-state index contributed by atoms with van der Waals surface area (Å²) in [6.45, 7) is 0. The van der Waals surface area contributed by atoms with Gasteiger partial charge in [0.2, 0.25) is 0 Å². The number of ether oxygens (including phenoxy) is 1. The van der Waals surface area contributed by atoms with Crippen LogP contribution in [0.5, 0.6) is 5.75 Å². The van der Waals surface area contributed by atoms with E-state index in [-0.39, 0.29) is 23.8 Å². The summed E-state index contributed by atoms with van der Waals surface area (Å²) in [5, 5.41) is 0. The third-order valence-corrected chi connectivity index (χ3v) is 4.11. The summed E-state index contributed by atoms with van der Waals surface area (Å²) < 4.78 is 32.9. The lowest BCUT2D eigenvalue weighted by Gasteiger charge is -2.31. The van der Waals surface area contributed by atoms with Gasteiger partial charge in [0.1, 0.15) is 23.5 Å². The van der Waals surface area contributed by atoms with Crippen LogP contribution in [-0.2, 0) is 0 Å². The second-order valence-corrected chi connectivity index (χ2v) is 5.65. The molecule has 0 aliphatic carbocycles. The highest BCUT2D eigenvalue weighted by atomic mass is 79.9. The van der Waals surface area contributed by atoms with Crippen LogP contribution in [0, 0.1) is 11.6 Å². The van der Waals surface area contributed by atoms with Crippen LogP contribution in [0.25, 0.3) is 0 Å². The van der Waals surface area contributed by atoms with Gasteiger partial charge in [0, 0.05) is 34.1 Å². The molecule has 1 unspecified atom stereocenters. The van der Waals surface area contributed by atoms with Gasteiger partial charge in [-0.1, -0.05) is 28.1 Å². The van der Waals surface area contributed by atoms with Crippen molar-refractivity contribution in [1.82, 2.24) is 0 Å². The Kier molecular flexibility index (Phi) is 3.48. The highest BCUT2D eigenvalue weighted by molar-refractivity contribution is 9.10. The second kappa shape index (κ2) is 5.14. The van der Waals surface area contributed by atoms with Gasteiger partial charge in [0.25, 0.3) is 0 Å². The van der Waals surface area contributed by atoms with Crippen LogP contribution < -0.4 is 10.5 Å². The Bertz CT molecular complexity index is 662. The van der Waals surface area contributed by atoms with Gasteiger partial charge >= 0.3 is 0 Å². The van der Waals surface area contributed by atoms with E-state index in [0.29, 0.717) is 16.6 Å². The van der Waals surface area contributed by atoms with Crippen LogP contribution in [0.15, 0.2) is 40.9 Å². The van der Waals surface area contributed by atoms with E-state index in [1.54, 1.807) is 12.1 Å². The fourth-order valence-corrected chi connectivity index (χ4v) is 3.03. The van der Waals surface area contributed by atoms with Crippen molar-refractivity contribution >= 4 is 15.9 Å². The number of rotatable bonds is 1. The van der Waals surface area contributed by atoms with Crippen LogP contribution in [0.2, 0.25) is 0 Å². The van der Waals surface area contributed by atoms with Crippen molar-refractivity contribution in [2.75, 3.05) is 0 Å². The molecule has 2 aromatic rings. The van der Waals surface area contributed by atoms with Crippen molar-refractivity contribution in [3.05, 3.63) is 63.6 Å². The quantitative estimate of drug-likeness (QED) is 0.842. The van der Waals surface area contributed by atoms with E-state index in [2.05, 4.69) is 15.9 Å². The molecule has 0 saturated heterocycles. The van der Waals surface area contributed by atoms with E-state index in [1.165, 1.54) is 24.3 Å². The summed E-state index contributed by atoms with van der Waals surface area (Å²) in [4.78, 5) is 0. The first kappa shape index (κ1) is 13.5. The molecule has 104 valence electrons. The summed E-state index contributed by atoms with van der Waals surface area (Å²) >= 11 is 3.32. The summed E-state index contributed by atoms with van der Waals surface area (Å²) in [5.41, 5.74) is 7.71. The maximum Gasteiger partial charge on any atom is 0.127 e. The molecule has 2 atom stereocenters. The number of fused-ring (bicyclic) bond motifs is 1. The van der Waals surface area contributed by atoms with E-state index in [9.17, 15) is 8.78 Å². The van der Waals surface area contributed by atoms with Crippen molar-refractivity contribution in [2.45, 2.75) is 18.6 Å². The third kappa shape index (κ3) is 2.43. The number of nitrogens with two attached hydrogens (primary N) is 1. The Labute approximate surface area is 123 Å². The van der Waals surface area contributed by atoms with Gasteiger partial charge in [-0.3, -0.25) is 0 Å². The molecule has 2 aromatic carbocycles. The average molecular weight is 340 g/mol. The molecule has 0 saturated carbocycles. The monoisotopic (exact) mass is 339 g/mol. The standard InChI is InChI=1S/C15H12BrF2NO/c16-12-5-8(17)1-3-10(12)15-7-13(19)11-4-2-9(18)6-14(11)20-15/h1-6,13,15H,7,19H2/t13-,15?/m1/s1. The zero-order valence-electron chi connectivity index (χ0n) is 10.4. The van der Waals surface area contributed by atoms with Gasteiger partial charge in [-0.2, -0.15) is 0 Å². The normalized spacial score (nSPS) is 21.2. The molecule has 0 aromatic heterocycles. The average Bonchev–Trinajstić information content (AvgIpc) is 2.37. The molecule has 0 bridgehead atoms. The Hall–Kier alpha value is -1.46. The van der Waals surface area contributed by atoms with E-state index < -0.39 is 0 Å². The molecule has 1 aliphatic heterocycles. The van der Waals surface area contributed by atoms with E-state index in [4.69, 9.17) is 10.5 Å². The summed E-state index contributed by atoms with van der Waals surface area (Å²) in [5.74, 6) is -0.244. The first-order valence-corrected chi connectivity index (χ1v) is 7.00. The predicted molar refractivity (Wildman–Crippen MR) is 75.4 cm³/mol. The molecule has 0 amide bonds. The van der Waals surface area contributed by atoms with Gasteiger partial charge in [0.05, 0.1) is 0 Å². The first-order valence-electron chi connectivity index (χ1n) is 6.21. The Balaban J connectivity index is 1.98. The zero-order chi connectivity index (χ0) is 14.3. The highest BCUT2D eigenvalue weighted by Crippen LogP contribution is 2.41. The minimum atomic E-state index is -0.366. The summed E-state index contributed by atoms with van der Waals surface area (Å²) in [7, 11) is 0. The van der Waals surface area contributed by atoms with Crippen molar-refractivity contribution in [3.63, 3.8) is 0 Å². The third-order valence-electron chi connectivity index (χ3n) is 3.42. The Morgan fingerprint density at radius 2 is 1.70 bits per heavy atom. The number of hydrogen-bond acceptors (Lipinski definition) is 2. The first-order chi connectivity index (χ1) is 9.54. The molecular formula is C15H12BrF2NO. The van der Waals surface area contributed by atoms with E-state index in [1.807, 2.05) is 0 Å². The lowest BCUT2D eigenvalue weighted by molar-refractivity contribution is 0.160. The van der Waals surface area contributed by atoms with Gasteiger partial charge in [-0.15, -0.1) is 0 Å². The maximum atomic E-state index is 13.3.